The van der Waals surface area contributed by atoms with Crippen molar-refractivity contribution in [1.29, 1.82) is 0 Å². The molecule has 1 atom stereocenters. The number of hydrogen-bond acceptors (Lipinski definition) is 5. The summed E-state index contributed by atoms with van der Waals surface area (Å²) in [7, 11) is -0.273. The monoisotopic (exact) mass is 368 g/mol. The number of likely N-dealkylation sites (tertiary alicyclic amines) is 1. The average Bonchev–Trinajstić information content (AvgIpc) is 3.32. The summed E-state index contributed by atoms with van der Waals surface area (Å²) in [5, 5.41) is 0.0776. The van der Waals surface area contributed by atoms with Crippen LogP contribution in [0.15, 0.2) is 17.6 Å². The highest BCUT2D eigenvalue weighted by Gasteiger charge is 2.62. The van der Waals surface area contributed by atoms with Crippen LogP contribution in [0.2, 0.25) is 0 Å². The molecule has 0 aromatic carbocycles. The number of sulfonamides is 1. The van der Waals surface area contributed by atoms with Gasteiger partial charge in [0, 0.05) is 40.0 Å². The van der Waals surface area contributed by atoms with Gasteiger partial charge in [0.25, 0.3) is 15.9 Å². The Morgan fingerprint density at radius 3 is 2.52 bits per heavy atom. The van der Waals surface area contributed by atoms with Crippen molar-refractivity contribution in [3.63, 3.8) is 0 Å². The third kappa shape index (κ3) is 2.60. The van der Waals surface area contributed by atoms with E-state index in [-0.39, 0.29) is 16.5 Å². The molecule has 3 heterocycles. The van der Waals surface area contributed by atoms with E-state index in [1.807, 2.05) is 4.90 Å². The van der Waals surface area contributed by atoms with Gasteiger partial charge < -0.3 is 14.2 Å². The zero-order chi connectivity index (χ0) is 17.8. The highest BCUT2D eigenvalue weighted by molar-refractivity contribution is 7.89. The quantitative estimate of drug-likeness (QED) is 0.694. The minimum Gasteiger partial charge on any atom is -0.369 e. The van der Waals surface area contributed by atoms with E-state index in [9.17, 15) is 13.2 Å². The first-order valence-electron chi connectivity index (χ1n) is 8.71. The van der Waals surface area contributed by atoms with Crippen molar-refractivity contribution in [2.75, 3.05) is 26.7 Å². The van der Waals surface area contributed by atoms with Gasteiger partial charge in [0.15, 0.2) is 11.1 Å². The first-order valence-corrected chi connectivity index (χ1v) is 10.1. The number of amides is 1. The fraction of sp³-hybridized carbons (Fsp3) is 0.750. The van der Waals surface area contributed by atoms with E-state index >= 15 is 0 Å². The van der Waals surface area contributed by atoms with Gasteiger partial charge in [-0.2, -0.15) is 4.31 Å². The molecule has 1 aromatic heterocycles. The van der Waals surface area contributed by atoms with Gasteiger partial charge in [-0.25, -0.2) is 13.4 Å². The molecule has 3 fully saturated rings. The van der Waals surface area contributed by atoms with Crippen molar-refractivity contribution in [2.24, 2.45) is 13.0 Å². The minimum atomic E-state index is -3.58. The number of carbonyl (C=O) groups excluding carboxylic acids is 1. The van der Waals surface area contributed by atoms with Crippen molar-refractivity contribution in [1.82, 2.24) is 18.8 Å². The third-order valence-corrected chi connectivity index (χ3v) is 7.55. The fourth-order valence-electron chi connectivity index (χ4n) is 4.12. The number of nitrogens with zero attached hydrogens (tertiary/aromatic N) is 4. The lowest BCUT2D eigenvalue weighted by Gasteiger charge is -2.59. The van der Waals surface area contributed by atoms with Crippen LogP contribution in [0.4, 0.5) is 0 Å². The van der Waals surface area contributed by atoms with E-state index in [0.29, 0.717) is 31.8 Å². The van der Waals surface area contributed by atoms with Gasteiger partial charge in [0.05, 0.1) is 11.9 Å². The lowest BCUT2D eigenvalue weighted by Crippen LogP contribution is -2.77. The molecule has 2 aliphatic heterocycles. The Morgan fingerprint density at radius 2 is 2.00 bits per heavy atom. The predicted molar refractivity (Wildman–Crippen MR) is 89.2 cm³/mol. The first-order chi connectivity index (χ1) is 11.9. The molecular weight excluding hydrogens is 344 g/mol. The normalized spacial score (nSPS) is 26.9. The summed E-state index contributed by atoms with van der Waals surface area (Å²) in [5.41, 5.74) is -0.343. The van der Waals surface area contributed by atoms with Gasteiger partial charge in [-0.15, -0.1) is 0 Å². The lowest BCUT2D eigenvalue weighted by molar-refractivity contribution is -0.197. The highest BCUT2D eigenvalue weighted by Crippen LogP contribution is 2.46. The SMILES string of the molecule is COC1C(=O)N(CC2CC2)C12CCN(S(=O)(=O)c1cn(C)cn1)CC2. The Kier molecular flexibility index (Phi) is 3.93. The smallest absolute Gasteiger partial charge is 0.262 e. The van der Waals surface area contributed by atoms with Gasteiger partial charge in [-0.1, -0.05) is 0 Å². The minimum absolute atomic E-state index is 0.0513. The van der Waals surface area contributed by atoms with Gasteiger partial charge in [0.1, 0.15) is 0 Å². The molecule has 1 unspecified atom stereocenters. The van der Waals surface area contributed by atoms with Crippen LogP contribution in [0.25, 0.3) is 0 Å². The number of ether oxygens (including phenoxy) is 1. The van der Waals surface area contributed by atoms with Crippen molar-refractivity contribution in [3.8, 4) is 0 Å². The second kappa shape index (κ2) is 5.78. The van der Waals surface area contributed by atoms with Gasteiger partial charge >= 0.3 is 0 Å². The maximum absolute atomic E-state index is 12.7. The van der Waals surface area contributed by atoms with Crippen molar-refractivity contribution >= 4 is 15.9 Å². The molecule has 1 saturated carbocycles. The summed E-state index contributed by atoms with van der Waals surface area (Å²) in [4.78, 5) is 18.3. The number of carbonyl (C=O) groups is 1. The number of rotatable bonds is 5. The van der Waals surface area contributed by atoms with Crippen molar-refractivity contribution < 1.29 is 17.9 Å². The van der Waals surface area contributed by atoms with E-state index in [1.54, 1.807) is 18.7 Å². The highest BCUT2D eigenvalue weighted by atomic mass is 32.2. The molecule has 1 spiro atoms. The Morgan fingerprint density at radius 1 is 1.32 bits per heavy atom. The van der Waals surface area contributed by atoms with E-state index in [2.05, 4.69) is 4.98 Å². The standard InChI is InChI=1S/C16H24N4O4S/c1-18-10-13(17-11-18)25(22,23)19-7-5-16(6-8-19)14(24-2)15(21)20(16)9-12-3-4-12/h10-12,14H,3-9H2,1-2H3. The summed E-state index contributed by atoms with van der Waals surface area (Å²) in [6.45, 7) is 1.55. The molecule has 25 heavy (non-hydrogen) atoms. The molecular formula is C16H24N4O4S. The van der Waals surface area contributed by atoms with Crippen LogP contribution in [0, 0.1) is 5.92 Å². The Bertz CT molecular complexity index is 778. The summed E-state index contributed by atoms with van der Waals surface area (Å²) in [5.74, 6) is 0.657. The van der Waals surface area contributed by atoms with Gasteiger partial charge in [0.2, 0.25) is 0 Å². The van der Waals surface area contributed by atoms with Crippen LogP contribution in [0.5, 0.6) is 0 Å². The molecule has 3 aliphatic rings. The molecule has 1 aromatic rings. The third-order valence-electron chi connectivity index (χ3n) is 5.76. The molecule has 138 valence electrons. The van der Waals surface area contributed by atoms with Crippen molar-refractivity contribution in [3.05, 3.63) is 12.5 Å². The number of imidazole rings is 1. The van der Waals surface area contributed by atoms with Crippen LogP contribution in [0.3, 0.4) is 0 Å². The van der Waals surface area contributed by atoms with Crippen LogP contribution in [-0.2, 0) is 26.6 Å². The zero-order valence-corrected chi connectivity index (χ0v) is 15.4. The van der Waals surface area contributed by atoms with Gasteiger partial charge in [-0.05, 0) is 31.6 Å². The second-order valence-corrected chi connectivity index (χ2v) is 9.28. The zero-order valence-electron chi connectivity index (χ0n) is 14.6. The van der Waals surface area contributed by atoms with Crippen LogP contribution in [-0.4, -0.2) is 71.5 Å². The number of aryl methyl sites for hydroxylation is 1. The predicted octanol–water partition coefficient (Wildman–Crippen LogP) is 0.211. The Balaban J connectivity index is 1.50. The molecule has 0 radical (unpaired) electrons. The summed E-state index contributed by atoms with van der Waals surface area (Å²) in [6.07, 6.45) is 6.14. The fourth-order valence-corrected chi connectivity index (χ4v) is 5.52. The molecule has 1 amide bonds. The molecule has 9 heteroatoms. The first kappa shape index (κ1) is 17.0. The van der Waals surface area contributed by atoms with Crippen LogP contribution >= 0.6 is 0 Å². The van der Waals surface area contributed by atoms with E-state index in [0.717, 1.165) is 6.54 Å². The molecule has 0 N–H and O–H groups in total. The Hall–Kier alpha value is -1.45. The molecule has 4 rings (SSSR count). The van der Waals surface area contributed by atoms with E-state index in [4.69, 9.17) is 4.74 Å². The van der Waals surface area contributed by atoms with Gasteiger partial charge in [-0.3, -0.25) is 4.79 Å². The second-order valence-electron chi connectivity index (χ2n) is 7.39. The number of aromatic nitrogens is 2. The summed E-state index contributed by atoms with van der Waals surface area (Å²) < 4.78 is 34.0. The average molecular weight is 368 g/mol. The molecule has 2 saturated heterocycles. The Labute approximate surface area is 147 Å². The molecule has 8 nitrogen and oxygen atoms in total. The number of hydrogen-bond donors (Lipinski definition) is 0. The number of piperidine rings is 1. The largest absolute Gasteiger partial charge is 0.369 e. The number of methoxy groups -OCH3 is 1. The van der Waals surface area contributed by atoms with Crippen LogP contribution in [0.1, 0.15) is 25.7 Å². The topological polar surface area (TPSA) is 84.7 Å². The van der Waals surface area contributed by atoms with Crippen molar-refractivity contribution in [2.45, 2.75) is 42.4 Å². The number of β-lactam (4-membered cyclic amide) rings is 1. The summed E-state index contributed by atoms with van der Waals surface area (Å²) >= 11 is 0. The van der Waals surface area contributed by atoms with E-state index in [1.165, 1.54) is 29.7 Å². The van der Waals surface area contributed by atoms with E-state index < -0.39 is 16.1 Å². The lowest BCUT2D eigenvalue weighted by atomic mass is 9.73. The molecule has 0 bridgehead atoms. The maximum atomic E-state index is 12.7. The summed E-state index contributed by atoms with van der Waals surface area (Å²) in [6, 6.07) is 0. The van der Waals surface area contributed by atoms with Crippen LogP contribution < -0.4 is 0 Å². The maximum Gasteiger partial charge on any atom is 0.262 e. The molecule has 1 aliphatic carbocycles.